The molecule has 3 aliphatic heterocycles. The maximum Gasteiger partial charge on any atom is 0.250 e. The van der Waals surface area contributed by atoms with Crippen LogP contribution in [0.4, 0.5) is 5.69 Å². The van der Waals surface area contributed by atoms with E-state index in [0.29, 0.717) is 16.8 Å². The quantitative estimate of drug-likeness (QED) is 0.318. The average molecular weight is 498 g/mol. The second kappa shape index (κ2) is 8.45. The van der Waals surface area contributed by atoms with E-state index in [0.717, 1.165) is 17.5 Å². The number of anilines is 1. The number of fused-ring (bicyclic) bond motifs is 4. The maximum atomic E-state index is 14.0. The SMILES string of the molecule is CCc1ccc2c(c1)C1(NC(Cc3ccc(O)c(O)c3)[C@H]3C(=O)N(Cc4ccccc4)C(=O)[C@H]31)C(=O)N2. The Morgan fingerprint density at radius 2 is 1.62 bits per heavy atom. The molecule has 2 unspecified atom stereocenters. The summed E-state index contributed by atoms with van der Waals surface area (Å²) in [5, 5.41) is 26.1. The Kier molecular flexibility index (Phi) is 5.31. The van der Waals surface area contributed by atoms with Gasteiger partial charge in [-0.3, -0.25) is 24.6 Å². The number of nitrogens with zero attached hydrogens (tertiary/aromatic N) is 1. The first-order valence-corrected chi connectivity index (χ1v) is 12.5. The lowest BCUT2D eigenvalue weighted by Crippen LogP contribution is -2.53. The topological polar surface area (TPSA) is 119 Å². The fourth-order valence-corrected chi connectivity index (χ4v) is 6.18. The van der Waals surface area contributed by atoms with E-state index < -0.39 is 23.4 Å². The van der Waals surface area contributed by atoms with Crippen molar-refractivity contribution in [2.24, 2.45) is 11.8 Å². The van der Waals surface area contributed by atoms with Gasteiger partial charge in [0.25, 0.3) is 0 Å². The third-order valence-electron chi connectivity index (χ3n) is 7.96. The highest BCUT2D eigenvalue weighted by molar-refractivity contribution is 6.15. The molecule has 0 bridgehead atoms. The van der Waals surface area contributed by atoms with Gasteiger partial charge in [0, 0.05) is 17.3 Å². The maximum absolute atomic E-state index is 14.0. The van der Waals surface area contributed by atoms with E-state index in [2.05, 4.69) is 10.6 Å². The number of phenols is 2. The van der Waals surface area contributed by atoms with E-state index in [-0.39, 0.29) is 42.2 Å². The zero-order chi connectivity index (χ0) is 25.9. The second-order valence-electron chi connectivity index (χ2n) is 10.0. The van der Waals surface area contributed by atoms with Gasteiger partial charge in [0.2, 0.25) is 17.7 Å². The molecule has 6 rings (SSSR count). The van der Waals surface area contributed by atoms with Crippen LogP contribution in [0.1, 0.15) is 29.2 Å². The van der Waals surface area contributed by atoms with E-state index in [1.165, 1.54) is 17.0 Å². The number of hydrogen-bond donors (Lipinski definition) is 4. The first kappa shape index (κ1) is 23.2. The first-order chi connectivity index (χ1) is 17.8. The molecule has 0 saturated carbocycles. The molecule has 8 nitrogen and oxygen atoms in total. The van der Waals surface area contributed by atoms with Gasteiger partial charge in [-0.1, -0.05) is 55.5 Å². The number of aryl methyl sites for hydroxylation is 1. The molecule has 1 spiro atoms. The molecule has 8 heteroatoms. The Morgan fingerprint density at radius 1 is 0.865 bits per heavy atom. The highest BCUT2D eigenvalue weighted by Crippen LogP contribution is 2.53. The first-order valence-electron chi connectivity index (χ1n) is 12.5. The Morgan fingerprint density at radius 3 is 2.35 bits per heavy atom. The zero-order valence-corrected chi connectivity index (χ0v) is 20.3. The molecule has 3 aliphatic rings. The van der Waals surface area contributed by atoms with Gasteiger partial charge in [-0.15, -0.1) is 0 Å². The molecule has 3 aromatic rings. The summed E-state index contributed by atoms with van der Waals surface area (Å²) in [6, 6.07) is 19.0. The van der Waals surface area contributed by atoms with Crippen LogP contribution < -0.4 is 10.6 Å². The molecule has 4 atom stereocenters. The number of hydrogen-bond acceptors (Lipinski definition) is 6. The van der Waals surface area contributed by atoms with Gasteiger partial charge < -0.3 is 15.5 Å². The van der Waals surface area contributed by atoms with Gasteiger partial charge >= 0.3 is 0 Å². The molecule has 0 aliphatic carbocycles. The van der Waals surface area contributed by atoms with Gasteiger partial charge in [-0.05, 0) is 47.7 Å². The molecule has 3 heterocycles. The van der Waals surface area contributed by atoms with Crippen molar-refractivity contribution in [1.82, 2.24) is 10.2 Å². The summed E-state index contributed by atoms with van der Waals surface area (Å²) in [7, 11) is 0. The molecule has 37 heavy (non-hydrogen) atoms. The van der Waals surface area contributed by atoms with Crippen LogP contribution in [-0.2, 0) is 39.3 Å². The summed E-state index contributed by atoms with van der Waals surface area (Å²) >= 11 is 0. The normalized spacial score (nSPS) is 26.0. The van der Waals surface area contributed by atoms with Crippen molar-refractivity contribution in [1.29, 1.82) is 0 Å². The highest BCUT2D eigenvalue weighted by atomic mass is 16.3. The monoisotopic (exact) mass is 497 g/mol. The molecular weight excluding hydrogens is 470 g/mol. The lowest BCUT2D eigenvalue weighted by atomic mass is 9.76. The number of carbonyl (C=O) groups is 3. The van der Waals surface area contributed by atoms with Gasteiger partial charge in [-0.2, -0.15) is 0 Å². The van der Waals surface area contributed by atoms with Crippen LogP contribution >= 0.6 is 0 Å². The summed E-state index contributed by atoms with van der Waals surface area (Å²) in [6.45, 7) is 2.16. The van der Waals surface area contributed by atoms with Crippen molar-refractivity contribution in [2.75, 3.05) is 5.32 Å². The lowest BCUT2D eigenvalue weighted by molar-refractivity contribution is -0.143. The van der Waals surface area contributed by atoms with Crippen molar-refractivity contribution < 1.29 is 24.6 Å². The standard InChI is InChI=1S/C29H27N3O5/c1-2-16-8-10-20-19(12-16)29(28(37)30-20)25-24(21(31-29)13-18-9-11-22(33)23(34)14-18)26(35)32(27(25)36)15-17-6-4-3-5-7-17/h3-12,14,21,24-25,31,33-34H,2,13,15H2,1H3,(H,30,37)/t21?,24-,25+,29?/m1/s1. The third kappa shape index (κ3) is 3.43. The van der Waals surface area contributed by atoms with Crippen molar-refractivity contribution in [2.45, 2.75) is 37.9 Å². The Bertz CT molecular complexity index is 1440. The van der Waals surface area contributed by atoms with Gasteiger partial charge in [-0.25, -0.2) is 0 Å². The van der Waals surface area contributed by atoms with Crippen LogP contribution in [-0.4, -0.2) is 38.9 Å². The van der Waals surface area contributed by atoms with E-state index >= 15 is 0 Å². The number of aromatic hydroxyl groups is 2. The number of phenolic OH excluding ortho intramolecular Hbond substituents is 2. The highest BCUT2D eigenvalue weighted by Gasteiger charge is 2.70. The van der Waals surface area contributed by atoms with E-state index in [1.54, 1.807) is 6.07 Å². The Hall–Kier alpha value is -4.17. The molecule has 188 valence electrons. The molecule has 0 aromatic heterocycles. The van der Waals surface area contributed by atoms with Crippen molar-refractivity contribution in [3.63, 3.8) is 0 Å². The number of amides is 3. The number of imide groups is 1. The predicted molar refractivity (Wildman–Crippen MR) is 136 cm³/mol. The predicted octanol–water partition coefficient (Wildman–Crippen LogP) is 2.82. The molecule has 2 saturated heterocycles. The summed E-state index contributed by atoms with van der Waals surface area (Å²) in [5.74, 6) is -3.21. The van der Waals surface area contributed by atoms with E-state index in [4.69, 9.17) is 0 Å². The number of carbonyl (C=O) groups excluding carboxylic acids is 3. The van der Waals surface area contributed by atoms with Crippen LogP contribution in [0, 0.1) is 11.8 Å². The smallest absolute Gasteiger partial charge is 0.250 e. The van der Waals surface area contributed by atoms with Crippen LogP contribution in [0.15, 0.2) is 66.7 Å². The fourth-order valence-electron chi connectivity index (χ4n) is 6.18. The van der Waals surface area contributed by atoms with E-state index in [9.17, 15) is 24.6 Å². The molecule has 3 aromatic carbocycles. The summed E-state index contributed by atoms with van der Waals surface area (Å²) < 4.78 is 0. The summed E-state index contributed by atoms with van der Waals surface area (Å²) in [6.07, 6.45) is 1.04. The fraction of sp³-hybridized carbons (Fsp3) is 0.276. The molecular formula is C29H27N3O5. The van der Waals surface area contributed by atoms with Gasteiger partial charge in [0.15, 0.2) is 11.5 Å². The summed E-state index contributed by atoms with van der Waals surface area (Å²) in [5.41, 5.74) is 2.47. The van der Waals surface area contributed by atoms with Gasteiger partial charge in [0.05, 0.1) is 18.4 Å². The number of rotatable bonds is 5. The van der Waals surface area contributed by atoms with Gasteiger partial charge in [0.1, 0.15) is 5.54 Å². The van der Waals surface area contributed by atoms with Crippen molar-refractivity contribution in [3.05, 3.63) is 89.0 Å². The summed E-state index contributed by atoms with van der Waals surface area (Å²) in [4.78, 5) is 42.8. The number of benzene rings is 3. The molecule has 0 radical (unpaired) electrons. The minimum Gasteiger partial charge on any atom is -0.504 e. The van der Waals surface area contributed by atoms with Crippen LogP contribution in [0.2, 0.25) is 0 Å². The van der Waals surface area contributed by atoms with Crippen LogP contribution in [0.25, 0.3) is 0 Å². The Balaban J connectivity index is 1.46. The van der Waals surface area contributed by atoms with Crippen molar-refractivity contribution >= 4 is 23.4 Å². The average Bonchev–Trinajstić information content (AvgIpc) is 3.47. The Labute approximate surface area is 213 Å². The number of nitrogens with one attached hydrogen (secondary N) is 2. The second-order valence-corrected chi connectivity index (χ2v) is 10.0. The van der Waals surface area contributed by atoms with Crippen LogP contribution in [0.3, 0.4) is 0 Å². The third-order valence-corrected chi connectivity index (χ3v) is 7.96. The van der Waals surface area contributed by atoms with Crippen molar-refractivity contribution in [3.8, 4) is 11.5 Å². The zero-order valence-electron chi connectivity index (χ0n) is 20.3. The largest absolute Gasteiger partial charge is 0.504 e. The molecule has 2 fully saturated rings. The van der Waals surface area contributed by atoms with Crippen LogP contribution in [0.5, 0.6) is 11.5 Å². The minimum absolute atomic E-state index is 0.137. The molecule has 4 N–H and O–H groups in total. The number of likely N-dealkylation sites (tertiary alicyclic amines) is 1. The van der Waals surface area contributed by atoms with E-state index in [1.807, 2.05) is 55.5 Å². The molecule has 3 amide bonds. The lowest BCUT2D eigenvalue weighted by Gasteiger charge is -2.30. The minimum atomic E-state index is -1.38.